The van der Waals surface area contributed by atoms with Gasteiger partial charge in [0.1, 0.15) is 6.79 Å². The largest absolute Gasteiger partial charge is 0.393 e. The van der Waals surface area contributed by atoms with Crippen LogP contribution in [0.25, 0.3) is 0 Å². The van der Waals surface area contributed by atoms with E-state index in [0.29, 0.717) is 6.79 Å². The van der Waals surface area contributed by atoms with Crippen LogP contribution in [0.3, 0.4) is 0 Å². The molecule has 0 aromatic rings. The van der Waals surface area contributed by atoms with E-state index < -0.39 is 0 Å². The van der Waals surface area contributed by atoms with E-state index in [1.54, 1.807) is 7.11 Å². The molecule has 21 heavy (non-hydrogen) atoms. The second kappa shape index (κ2) is 17.9. The van der Waals surface area contributed by atoms with Crippen molar-refractivity contribution in [2.45, 2.75) is 96.5 Å². The highest BCUT2D eigenvalue weighted by Crippen LogP contribution is 2.13. The highest BCUT2D eigenvalue weighted by Gasteiger charge is 2.03. The number of methoxy groups -OCH3 is 1. The van der Waals surface area contributed by atoms with Gasteiger partial charge in [-0.25, -0.2) is 0 Å². The Balaban J connectivity index is 3.05. The fraction of sp³-hybridized carbons (Fsp3) is 1.00. The summed E-state index contributed by atoms with van der Waals surface area (Å²) in [6, 6.07) is 0. The Morgan fingerprint density at radius 3 is 1.86 bits per heavy atom. The van der Waals surface area contributed by atoms with E-state index in [9.17, 15) is 5.11 Å². The van der Waals surface area contributed by atoms with Crippen molar-refractivity contribution in [3.05, 3.63) is 0 Å². The molecule has 0 spiro atoms. The van der Waals surface area contributed by atoms with Crippen LogP contribution >= 0.6 is 0 Å². The molecule has 1 N–H and O–H groups in total. The van der Waals surface area contributed by atoms with E-state index in [4.69, 9.17) is 9.47 Å². The summed E-state index contributed by atoms with van der Waals surface area (Å²) >= 11 is 0. The van der Waals surface area contributed by atoms with Gasteiger partial charge in [-0.1, -0.05) is 71.1 Å². The predicted molar refractivity (Wildman–Crippen MR) is 89.5 cm³/mol. The molecule has 0 radical (unpaired) electrons. The summed E-state index contributed by atoms with van der Waals surface area (Å²) in [7, 11) is 1.66. The van der Waals surface area contributed by atoms with Crippen molar-refractivity contribution < 1.29 is 14.6 Å². The minimum Gasteiger partial charge on any atom is -0.393 e. The van der Waals surface area contributed by atoms with Crippen molar-refractivity contribution in [3.63, 3.8) is 0 Å². The van der Waals surface area contributed by atoms with Gasteiger partial charge >= 0.3 is 0 Å². The molecule has 3 nitrogen and oxygen atoms in total. The summed E-state index contributed by atoms with van der Waals surface area (Å²) in [5.74, 6) is 0. The monoisotopic (exact) mass is 302 g/mol. The third-order valence-electron chi connectivity index (χ3n) is 3.92. The molecule has 0 aliphatic carbocycles. The SMILES string of the molecule is CCCCC[C@@H](O)CCCCCCCCCCOCOC. The highest BCUT2D eigenvalue weighted by atomic mass is 16.7. The molecule has 0 rings (SSSR count). The lowest BCUT2D eigenvalue weighted by Crippen LogP contribution is -2.05. The van der Waals surface area contributed by atoms with Crippen LogP contribution in [-0.4, -0.2) is 31.7 Å². The molecule has 3 heteroatoms. The Morgan fingerprint density at radius 1 is 0.762 bits per heavy atom. The summed E-state index contributed by atoms with van der Waals surface area (Å²) in [5.41, 5.74) is 0. The van der Waals surface area contributed by atoms with E-state index in [-0.39, 0.29) is 6.10 Å². The first-order valence-electron chi connectivity index (χ1n) is 9.06. The standard InChI is InChI=1S/C18H38O3/c1-3-4-11-14-18(19)15-12-9-7-5-6-8-10-13-16-21-17-20-2/h18-19H,3-17H2,1-2H3/t18-/m1/s1. The quantitative estimate of drug-likeness (QED) is 0.301. The number of aliphatic hydroxyl groups is 1. The van der Waals surface area contributed by atoms with Gasteiger partial charge in [0.05, 0.1) is 6.10 Å². The fourth-order valence-electron chi connectivity index (χ4n) is 2.56. The minimum atomic E-state index is -0.0522. The number of aliphatic hydroxyl groups excluding tert-OH is 1. The Bertz CT molecular complexity index is 185. The van der Waals surface area contributed by atoms with E-state index in [1.807, 2.05) is 0 Å². The lowest BCUT2D eigenvalue weighted by Gasteiger charge is -2.09. The van der Waals surface area contributed by atoms with Crippen molar-refractivity contribution in [2.24, 2.45) is 0 Å². The first-order chi connectivity index (χ1) is 10.3. The number of unbranched alkanes of at least 4 members (excludes halogenated alkanes) is 9. The van der Waals surface area contributed by atoms with Gasteiger partial charge in [-0.3, -0.25) is 0 Å². The smallest absolute Gasteiger partial charge is 0.146 e. The average Bonchev–Trinajstić information content (AvgIpc) is 2.48. The molecule has 128 valence electrons. The second-order valence-corrected chi connectivity index (χ2v) is 6.08. The summed E-state index contributed by atoms with van der Waals surface area (Å²) in [5, 5.41) is 9.82. The van der Waals surface area contributed by atoms with Crippen LogP contribution in [0.4, 0.5) is 0 Å². The Hall–Kier alpha value is -0.120. The molecule has 0 aromatic heterocycles. The summed E-state index contributed by atoms with van der Waals surface area (Å²) < 4.78 is 10.1. The van der Waals surface area contributed by atoms with Gasteiger partial charge in [-0.05, 0) is 19.3 Å². The first-order valence-corrected chi connectivity index (χ1v) is 9.06. The van der Waals surface area contributed by atoms with Gasteiger partial charge in [-0.15, -0.1) is 0 Å². The van der Waals surface area contributed by atoms with Crippen LogP contribution in [0.2, 0.25) is 0 Å². The normalized spacial score (nSPS) is 12.7. The molecule has 0 aliphatic heterocycles. The van der Waals surface area contributed by atoms with E-state index in [0.717, 1.165) is 25.9 Å². The van der Waals surface area contributed by atoms with Crippen LogP contribution in [-0.2, 0) is 9.47 Å². The molecule has 0 bridgehead atoms. The fourth-order valence-corrected chi connectivity index (χ4v) is 2.56. The van der Waals surface area contributed by atoms with Crippen molar-refractivity contribution in [1.29, 1.82) is 0 Å². The predicted octanol–water partition coefficient (Wildman–Crippen LogP) is 5.06. The molecule has 0 aromatic carbocycles. The molecule has 1 atom stereocenters. The molecule has 0 unspecified atom stereocenters. The molecule has 0 heterocycles. The molecule has 0 saturated carbocycles. The number of ether oxygens (including phenoxy) is 2. The molecule has 0 amide bonds. The first kappa shape index (κ1) is 20.9. The van der Waals surface area contributed by atoms with Crippen molar-refractivity contribution >= 4 is 0 Å². The zero-order valence-electron chi connectivity index (χ0n) is 14.4. The van der Waals surface area contributed by atoms with E-state index >= 15 is 0 Å². The molecular formula is C18H38O3. The van der Waals surface area contributed by atoms with Crippen molar-refractivity contribution in [2.75, 3.05) is 20.5 Å². The maximum Gasteiger partial charge on any atom is 0.146 e. The second-order valence-electron chi connectivity index (χ2n) is 6.08. The van der Waals surface area contributed by atoms with Gasteiger partial charge in [0.25, 0.3) is 0 Å². The topological polar surface area (TPSA) is 38.7 Å². The lowest BCUT2D eigenvalue weighted by molar-refractivity contribution is -0.0315. The lowest BCUT2D eigenvalue weighted by atomic mass is 10.0. The van der Waals surface area contributed by atoms with E-state index in [1.165, 1.54) is 64.2 Å². The summed E-state index contributed by atoms with van der Waals surface area (Å²) in [6.07, 6.45) is 15.8. The van der Waals surface area contributed by atoms with Crippen molar-refractivity contribution in [1.82, 2.24) is 0 Å². The zero-order valence-corrected chi connectivity index (χ0v) is 14.4. The molecule has 0 aliphatic rings. The Kier molecular flexibility index (Phi) is 17.8. The van der Waals surface area contributed by atoms with Gasteiger partial charge in [0.2, 0.25) is 0 Å². The van der Waals surface area contributed by atoms with Crippen LogP contribution in [0.15, 0.2) is 0 Å². The Morgan fingerprint density at radius 2 is 1.29 bits per heavy atom. The number of hydrogen-bond donors (Lipinski definition) is 1. The van der Waals surface area contributed by atoms with Gasteiger partial charge < -0.3 is 14.6 Å². The van der Waals surface area contributed by atoms with Crippen LogP contribution in [0.1, 0.15) is 90.4 Å². The van der Waals surface area contributed by atoms with Crippen LogP contribution in [0, 0.1) is 0 Å². The summed E-state index contributed by atoms with van der Waals surface area (Å²) in [4.78, 5) is 0. The van der Waals surface area contributed by atoms with Gasteiger partial charge in [0, 0.05) is 13.7 Å². The minimum absolute atomic E-state index is 0.0522. The molecule has 0 saturated heterocycles. The van der Waals surface area contributed by atoms with Gasteiger partial charge in [-0.2, -0.15) is 0 Å². The highest BCUT2D eigenvalue weighted by molar-refractivity contribution is 4.57. The Labute approximate surface area is 132 Å². The number of rotatable bonds is 17. The average molecular weight is 302 g/mol. The van der Waals surface area contributed by atoms with Crippen LogP contribution in [0.5, 0.6) is 0 Å². The zero-order chi connectivity index (χ0) is 15.6. The van der Waals surface area contributed by atoms with E-state index in [2.05, 4.69) is 6.92 Å². The third-order valence-corrected chi connectivity index (χ3v) is 3.92. The molecule has 0 fully saturated rings. The third kappa shape index (κ3) is 17.8. The number of hydrogen-bond acceptors (Lipinski definition) is 3. The van der Waals surface area contributed by atoms with Gasteiger partial charge in [0.15, 0.2) is 0 Å². The van der Waals surface area contributed by atoms with Crippen LogP contribution < -0.4 is 0 Å². The van der Waals surface area contributed by atoms with Crippen molar-refractivity contribution in [3.8, 4) is 0 Å². The molecular weight excluding hydrogens is 264 g/mol. The maximum atomic E-state index is 9.82. The summed E-state index contributed by atoms with van der Waals surface area (Å²) in [6.45, 7) is 3.45. The maximum absolute atomic E-state index is 9.82.